The van der Waals surface area contributed by atoms with Crippen molar-refractivity contribution in [3.8, 4) is 5.75 Å². The van der Waals surface area contributed by atoms with Crippen molar-refractivity contribution in [2.45, 2.75) is 18.9 Å². The molecule has 4 nitrogen and oxygen atoms in total. The van der Waals surface area contributed by atoms with E-state index in [-0.39, 0.29) is 5.91 Å². The number of carbonyl (C=O) groups is 1. The smallest absolute Gasteiger partial charge is 0.279 e. The number of carbonyl (C=O) groups excluding carboxylic acids is 1. The molecule has 1 amide bonds. The van der Waals surface area contributed by atoms with Crippen LogP contribution in [0.3, 0.4) is 0 Å². The molecule has 1 aromatic carbocycles. The lowest BCUT2D eigenvalue weighted by atomic mass is 10.2. The van der Waals surface area contributed by atoms with E-state index in [2.05, 4.69) is 22.8 Å². The van der Waals surface area contributed by atoms with Gasteiger partial charge in [-0.1, -0.05) is 12.1 Å². The summed E-state index contributed by atoms with van der Waals surface area (Å²) in [6.07, 6.45) is 2.35. The molecule has 1 aliphatic heterocycles. The van der Waals surface area contributed by atoms with Crippen LogP contribution in [0.15, 0.2) is 41.8 Å². The summed E-state index contributed by atoms with van der Waals surface area (Å²) in [7, 11) is 1.63. The Kier molecular flexibility index (Phi) is 4.75. The zero-order valence-corrected chi connectivity index (χ0v) is 13.5. The molecule has 2 N–H and O–H groups in total. The second-order valence-corrected chi connectivity index (χ2v) is 6.55. The van der Waals surface area contributed by atoms with Crippen LogP contribution in [0, 0.1) is 0 Å². The average Bonchev–Trinajstić information content (AvgIpc) is 3.18. The minimum Gasteiger partial charge on any atom is -0.497 e. The fourth-order valence-electron chi connectivity index (χ4n) is 3.07. The van der Waals surface area contributed by atoms with Crippen LogP contribution in [-0.4, -0.2) is 26.1 Å². The summed E-state index contributed by atoms with van der Waals surface area (Å²) in [4.78, 5) is 15.1. The molecule has 0 radical (unpaired) electrons. The molecule has 0 bridgehead atoms. The molecule has 5 heteroatoms. The number of thiophene rings is 1. The lowest BCUT2D eigenvalue weighted by Crippen LogP contribution is -3.11. The quantitative estimate of drug-likeness (QED) is 0.887. The van der Waals surface area contributed by atoms with E-state index in [1.165, 1.54) is 22.6 Å². The Morgan fingerprint density at radius 2 is 2.32 bits per heavy atom. The highest BCUT2D eigenvalue weighted by molar-refractivity contribution is 7.10. The molecule has 1 fully saturated rings. The Morgan fingerprint density at radius 1 is 1.41 bits per heavy atom. The minimum absolute atomic E-state index is 0.0618. The molecular weight excluding hydrogens is 296 g/mol. The van der Waals surface area contributed by atoms with E-state index in [0.717, 1.165) is 18.0 Å². The third kappa shape index (κ3) is 3.48. The average molecular weight is 317 g/mol. The first kappa shape index (κ1) is 15.1. The highest BCUT2D eigenvalue weighted by atomic mass is 32.1. The van der Waals surface area contributed by atoms with Gasteiger partial charge in [-0.3, -0.25) is 4.79 Å². The largest absolute Gasteiger partial charge is 0.497 e. The fraction of sp³-hybridized carbons (Fsp3) is 0.353. The van der Waals surface area contributed by atoms with Gasteiger partial charge in [-0.05, 0) is 23.6 Å². The molecule has 22 heavy (non-hydrogen) atoms. The van der Waals surface area contributed by atoms with Crippen molar-refractivity contribution < 1.29 is 14.4 Å². The van der Waals surface area contributed by atoms with E-state index in [1.54, 1.807) is 18.4 Å². The number of methoxy groups -OCH3 is 1. The Hall–Kier alpha value is -1.85. The van der Waals surface area contributed by atoms with Gasteiger partial charge in [-0.15, -0.1) is 11.3 Å². The minimum atomic E-state index is 0.0618. The Balaban J connectivity index is 1.61. The van der Waals surface area contributed by atoms with Crippen LogP contribution in [0.4, 0.5) is 5.69 Å². The molecule has 1 aromatic heterocycles. The highest BCUT2D eigenvalue weighted by Crippen LogP contribution is 2.23. The van der Waals surface area contributed by atoms with Crippen molar-refractivity contribution in [1.82, 2.24) is 0 Å². The summed E-state index contributed by atoms with van der Waals surface area (Å²) < 4.78 is 5.18. The van der Waals surface area contributed by atoms with Gasteiger partial charge in [0.1, 0.15) is 11.8 Å². The van der Waals surface area contributed by atoms with Gasteiger partial charge in [0.05, 0.1) is 18.5 Å². The van der Waals surface area contributed by atoms with Gasteiger partial charge < -0.3 is 15.0 Å². The molecule has 1 saturated heterocycles. The van der Waals surface area contributed by atoms with Gasteiger partial charge >= 0.3 is 0 Å². The molecule has 0 spiro atoms. The Labute approximate surface area is 134 Å². The molecule has 0 saturated carbocycles. The van der Waals surface area contributed by atoms with Gasteiger partial charge in [0.25, 0.3) is 5.91 Å². The number of quaternary nitrogens is 1. The van der Waals surface area contributed by atoms with E-state index < -0.39 is 0 Å². The van der Waals surface area contributed by atoms with Crippen molar-refractivity contribution in [2.24, 2.45) is 0 Å². The van der Waals surface area contributed by atoms with Crippen LogP contribution < -0.4 is 15.0 Å². The van der Waals surface area contributed by atoms with Crippen LogP contribution in [0.25, 0.3) is 0 Å². The summed E-state index contributed by atoms with van der Waals surface area (Å²) in [6, 6.07) is 12.2. The van der Waals surface area contributed by atoms with E-state index in [9.17, 15) is 4.79 Å². The Morgan fingerprint density at radius 3 is 3.09 bits per heavy atom. The van der Waals surface area contributed by atoms with Crippen LogP contribution in [0.5, 0.6) is 5.75 Å². The lowest BCUT2D eigenvalue weighted by molar-refractivity contribution is -0.910. The van der Waals surface area contributed by atoms with E-state index in [4.69, 9.17) is 4.74 Å². The van der Waals surface area contributed by atoms with E-state index in [1.807, 2.05) is 24.3 Å². The second kappa shape index (κ2) is 6.94. The monoisotopic (exact) mass is 317 g/mol. The molecule has 116 valence electrons. The van der Waals surface area contributed by atoms with Gasteiger partial charge in [0, 0.05) is 24.6 Å². The first-order valence-corrected chi connectivity index (χ1v) is 8.46. The van der Waals surface area contributed by atoms with Gasteiger partial charge in [0.2, 0.25) is 0 Å². The summed E-state index contributed by atoms with van der Waals surface area (Å²) in [5.74, 6) is 0.814. The maximum absolute atomic E-state index is 12.3. The van der Waals surface area contributed by atoms with Crippen LogP contribution in [-0.2, 0) is 4.79 Å². The zero-order chi connectivity index (χ0) is 15.4. The molecular formula is C17H21N2O2S+. The topological polar surface area (TPSA) is 42.8 Å². The standard InChI is InChI=1S/C17H20N2O2S/c1-21-14-6-2-5-13(11-14)18-17(20)12-19-9-3-7-15(19)16-8-4-10-22-16/h2,4-6,8,10-11,15H,3,7,9,12H2,1H3,(H,18,20)/p+1/t15-/m0/s1. The third-order valence-electron chi connectivity index (χ3n) is 4.11. The number of nitrogens with one attached hydrogen (secondary N) is 2. The molecule has 3 rings (SSSR count). The maximum Gasteiger partial charge on any atom is 0.279 e. The van der Waals surface area contributed by atoms with Crippen molar-refractivity contribution >= 4 is 22.9 Å². The highest BCUT2D eigenvalue weighted by Gasteiger charge is 2.32. The van der Waals surface area contributed by atoms with Gasteiger partial charge in [-0.2, -0.15) is 0 Å². The maximum atomic E-state index is 12.3. The first-order chi connectivity index (χ1) is 10.8. The summed E-state index contributed by atoms with van der Waals surface area (Å²) >= 11 is 1.79. The molecule has 2 heterocycles. The van der Waals surface area contributed by atoms with E-state index >= 15 is 0 Å². The van der Waals surface area contributed by atoms with Gasteiger partial charge in [0.15, 0.2) is 6.54 Å². The molecule has 1 aliphatic rings. The number of amides is 1. The third-order valence-corrected chi connectivity index (χ3v) is 5.10. The number of rotatable bonds is 5. The normalized spacial score (nSPS) is 20.8. The number of ether oxygens (including phenoxy) is 1. The SMILES string of the molecule is COc1cccc(NC(=O)C[NH+]2CCC[C@H]2c2cccs2)c1. The van der Waals surface area contributed by atoms with Crippen molar-refractivity contribution in [2.75, 3.05) is 25.5 Å². The predicted octanol–water partition coefficient (Wildman–Crippen LogP) is 2.12. The Bertz CT molecular complexity index is 627. The van der Waals surface area contributed by atoms with Crippen molar-refractivity contribution in [3.63, 3.8) is 0 Å². The lowest BCUT2D eigenvalue weighted by Gasteiger charge is -2.20. The van der Waals surface area contributed by atoms with Gasteiger partial charge in [-0.25, -0.2) is 0 Å². The first-order valence-electron chi connectivity index (χ1n) is 7.58. The summed E-state index contributed by atoms with van der Waals surface area (Å²) in [6.45, 7) is 1.58. The van der Waals surface area contributed by atoms with Crippen LogP contribution in [0.2, 0.25) is 0 Å². The predicted molar refractivity (Wildman–Crippen MR) is 88.6 cm³/mol. The number of hydrogen-bond donors (Lipinski definition) is 2. The molecule has 1 unspecified atom stereocenters. The van der Waals surface area contributed by atoms with Crippen molar-refractivity contribution in [1.29, 1.82) is 0 Å². The van der Waals surface area contributed by atoms with Crippen LogP contribution in [0.1, 0.15) is 23.8 Å². The fourth-order valence-corrected chi connectivity index (χ4v) is 3.99. The second-order valence-electron chi connectivity index (χ2n) is 5.58. The number of benzene rings is 1. The molecule has 2 atom stereocenters. The summed E-state index contributed by atoms with van der Waals surface area (Å²) in [5, 5.41) is 5.09. The number of hydrogen-bond acceptors (Lipinski definition) is 3. The molecule has 0 aliphatic carbocycles. The summed E-state index contributed by atoms with van der Waals surface area (Å²) in [5.41, 5.74) is 0.788. The number of anilines is 1. The number of likely N-dealkylation sites (tertiary alicyclic amines) is 1. The van der Waals surface area contributed by atoms with E-state index in [0.29, 0.717) is 12.6 Å². The van der Waals surface area contributed by atoms with Crippen LogP contribution >= 0.6 is 11.3 Å². The zero-order valence-electron chi connectivity index (χ0n) is 12.7. The van der Waals surface area contributed by atoms with Crippen molar-refractivity contribution in [3.05, 3.63) is 46.7 Å². The molecule has 2 aromatic rings.